The second-order valence-corrected chi connectivity index (χ2v) is 9.97. The smallest absolute Gasteiger partial charge is 0.335 e. The van der Waals surface area contributed by atoms with Crippen LogP contribution in [0.4, 0.5) is 8.78 Å². The monoisotopic (exact) mass is 566 g/mol. The molecule has 1 saturated heterocycles. The Balaban J connectivity index is 1.24. The van der Waals surface area contributed by atoms with E-state index in [2.05, 4.69) is 4.98 Å². The summed E-state index contributed by atoms with van der Waals surface area (Å²) in [5.74, 6) is -1.14. The number of pyridine rings is 1. The minimum Gasteiger partial charge on any atom is -0.478 e. The lowest BCUT2D eigenvalue weighted by molar-refractivity contribution is 0.0697. The van der Waals surface area contributed by atoms with Crippen molar-refractivity contribution in [2.45, 2.75) is 25.5 Å². The SMILES string of the molecule is N#Cc1ccc(COc2cccc(-c3ccc(Cc4nc5ccc(C(=O)O)cc5n4C4CCOC4)c(F)c3)n2)c(F)c1. The number of aromatic nitrogens is 3. The molecule has 0 saturated carbocycles. The fraction of sp³-hybridized carbons (Fsp3) is 0.188. The predicted octanol–water partition coefficient (Wildman–Crippen LogP) is 6.08. The summed E-state index contributed by atoms with van der Waals surface area (Å²) in [6.45, 7) is 0.977. The molecular weight excluding hydrogens is 542 g/mol. The van der Waals surface area contributed by atoms with Crippen LogP contribution in [-0.2, 0) is 17.8 Å². The maximum atomic E-state index is 15.5. The summed E-state index contributed by atoms with van der Waals surface area (Å²) in [6, 6.07) is 20.7. The Morgan fingerprint density at radius 1 is 1.05 bits per heavy atom. The molecule has 0 bridgehead atoms. The van der Waals surface area contributed by atoms with Gasteiger partial charge in [0, 0.05) is 30.2 Å². The van der Waals surface area contributed by atoms with Crippen molar-refractivity contribution in [1.29, 1.82) is 5.26 Å². The molecular formula is C32H24F2N4O4. The van der Waals surface area contributed by atoms with Crippen molar-refractivity contribution in [2.75, 3.05) is 13.2 Å². The van der Waals surface area contributed by atoms with Gasteiger partial charge < -0.3 is 19.1 Å². The maximum Gasteiger partial charge on any atom is 0.335 e. The quantitative estimate of drug-likeness (QED) is 0.242. The number of carboxylic acid groups (broad SMARTS) is 1. The van der Waals surface area contributed by atoms with Gasteiger partial charge in [0.15, 0.2) is 0 Å². The van der Waals surface area contributed by atoms with Gasteiger partial charge in [0.1, 0.15) is 24.1 Å². The Morgan fingerprint density at radius 3 is 2.62 bits per heavy atom. The molecule has 1 aliphatic rings. The third-order valence-electron chi connectivity index (χ3n) is 7.26. The van der Waals surface area contributed by atoms with E-state index in [0.29, 0.717) is 46.9 Å². The van der Waals surface area contributed by atoms with Crippen LogP contribution in [0.5, 0.6) is 5.88 Å². The molecule has 1 fully saturated rings. The van der Waals surface area contributed by atoms with Gasteiger partial charge in [-0.05, 0) is 54.4 Å². The minimum absolute atomic E-state index is 0.0268. The highest BCUT2D eigenvalue weighted by molar-refractivity contribution is 5.92. The van der Waals surface area contributed by atoms with Crippen molar-refractivity contribution in [3.63, 3.8) is 0 Å². The standard InChI is InChI=1S/C32H24F2N4O4/c33-25-12-19(16-35)4-5-23(25)17-42-31-3-1-2-27(37-31)21-7-6-20(26(34)13-21)15-30-36-28-9-8-22(32(39)40)14-29(28)38(30)24-10-11-41-18-24/h1-9,12-14,24H,10-11,15,17-18H2,(H,39,40). The minimum atomic E-state index is -1.03. The second kappa shape index (κ2) is 11.4. The van der Waals surface area contributed by atoms with E-state index in [-0.39, 0.29) is 41.6 Å². The summed E-state index contributed by atoms with van der Waals surface area (Å²) in [5.41, 5.74) is 3.43. The lowest BCUT2D eigenvalue weighted by Gasteiger charge is -2.16. The molecule has 0 amide bonds. The number of nitrogens with zero attached hydrogens (tertiary/aromatic N) is 4. The number of carboxylic acids is 1. The number of fused-ring (bicyclic) bond motifs is 1. The topological polar surface area (TPSA) is 110 Å². The van der Waals surface area contributed by atoms with Crippen LogP contribution in [0.3, 0.4) is 0 Å². The Morgan fingerprint density at radius 2 is 1.88 bits per heavy atom. The van der Waals surface area contributed by atoms with E-state index in [9.17, 15) is 14.3 Å². The number of benzene rings is 3. The van der Waals surface area contributed by atoms with Gasteiger partial charge in [-0.1, -0.05) is 24.3 Å². The first-order chi connectivity index (χ1) is 20.4. The van der Waals surface area contributed by atoms with Crippen LogP contribution in [-0.4, -0.2) is 38.8 Å². The molecule has 10 heteroatoms. The van der Waals surface area contributed by atoms with Crippen LogP contribution in [0.25, 0.3) is 22.3 Å². The number of halogens is 2. The first-order valence-electron chi connectivity index (χ1n) is 13.3. The Kier molecular flexibility index (Phi) is 7.33. The summed E-state index contributed by atoms with van der Waals surface area (Å²) >= 11 is 0. The zero-order valence-corrected chi connectivity index (χ0v) is 22.3. The normalized spacial score (nSPS) is 14.6. The van der Waals surface area contributed by atoms with Crippen molar-refractivity contribution in [3.8, 4) is 23.2 Å². The number of hydrogen-bond donors (Lipinski definition) is 1. The second-order valence-electron chi connectivity index (χ2n) is 9.97. The van der Waals surface area contributed by atoms with Crippen molar-refractivity contribution in [2.24, 2.45) is 0 Å². The van der Waals surface area contributed by atoms with Gasteiger partial charge in [-0.3, -0.25) is 0 Å². The van der Waals surface area contributed by atoms with Gasteiger partial charge in [-0.2, -0.15) is 5.26 Å². The van der Waals surface area contributed by atoms with Gasteiger partial charge in [0.05, 0.1) is 46.6 Å². The highest BCUT2D eigenvalue weighted by Gasteiger charge is 2.24. The van der Waals surface area contributed by atoms with Crippen molar-refractivity contribution in [3.05, 3.63) is 113 Å². The molecule has 210 valence electrons. The van der Waals surface area contributed by atoms with Crippen molar-refractivity contribution >= 4 is 17.0 Å². The van der Waals surface area contributed by atoms with Crippen LogP contribution in [0.2, 0.25) is 0 Å². The van der Waals surface area contributed by atoms with E-state index >= 15 is 4.39 Å². The number of aromatic carboxylic acids is 1. The summed E-state index contributed by atoms with van der Waals surface area (Å²) < 4.78 is 42.9. The van der Waals surface area contributed by atoms with Gasteiger partial charge in [-0.25, -0.2) is 23.5 Å². The number of nitriles is 1. The number of ether oxygens (including phenoxy) is 2. The fourth-order valence-corrected chi connectivity index (χ4v) is 5.10. The van der Waals surface area contributed by atoms with Crippen LogP contribution in [0, 0.1) is 23.0 Å². The molecule has 0 radical (unpaired) electrons. The molecule has 2 aromatic heterocycles. The number of carbonyl (C=O) groups is 1. The van der Waals surface area contributed by atoms with E-state index in [1.807, 2.05) is 10.6 Å². The highest BCUT2D eigenvalue weighted by Crippen LogP contribution is 2.30. The summed E-state index contributed by atoms with van der Waals surface area (Å²) in [7, 11) is 0. The Bertz CT molecular complexity index is 1860. The average molecular weight is 567 g/mol. The van der Waals surface area contributed by atoms with E-state index in [1.54, 1.807) is 42.5 Å². The van der Waals surface area contributed by atoms with E-state index in [4.69, 9.17) is 19.7 Å². The molecule has 8 nitrogen and oxygen atoms in total. The van der Waals surface area contributed by atoms with Gasteiger partial charge in [0.25, 0.3) is 0 Å². The third kappa shape index (κ3) is 5.42. The summed E-state index contributed by atoms with van der Waals surface area (Å²) in [6.07, 6.45) is 0.950. The molecule has 3 heterocycles. The first-order valence-corrected chi connectivity index (χ1v) is 13.3. The summed E-state index contributed by atoms with van der Waals surface area (Å²) in [5, 5.41) is 18.4. The first kappa shape index (κ1) is 27.1. The molecule has 42 heavy (non-hydrogen) atoms. The van der Waals surface area contributed by atoms with Gasteiger partial charge in [0.2, 0.25) is 5.88 Å². The molecule has 0 spiro atoms. The van der Waals surface area contributed by atoms with Gasteiger partial charge in [-0.15, -0.1) is 0 Å². The molecule has 6 rings (SSSR count). The number of rotatable bonds is 8. The van der Waals surface area contributed by atoms with Crippen molar-refractivity contribution < 1.29 is 28.2 Å². The van der Waals surface area contributed by atoms with Crippen LogP contribution in [0.15, 0.2) is 72.8 Å². The summed E-state index contributed by atoms with van der Waals surface area (Å²) in [4.78, 5) is 20.8. The van der Waals surface area contributed by atoms with E-state index in [0.717, 1.165) is 12.5 Å². The highest BCUT2D eigenvalue weighted by atomic mass is 19.1. The average Bonchev–Trinajstić information content (AvgIpc) is 3.65. The van der Waals surface area contributed by atoms with E-state index in [1.165, 1.54) is 24.3 Å². The molecule has 1 unspecified atom stereocenters. The molecule has 1 N–H and O–H groups in total. The zero-order chi connectivity index (χ0) is 29.2. The molecule has 0 aliphatic carbocycles. The predicted molar refractivity (Wildman–Crippen MR) is 149 cm³/mol. The fourth-order valence-electron chi connectivity index (χ4n) is 5.10. The molecule has 1 atom stereocenters. The van der Waals surface area contributed by atoms with Crippen LogP contribution >= 0.6 is 0 Å². The van der Waals surface area contributed by atoms with Crippen LogP contribution in [0.1, 0.15) is 45.3 Å². The Hall–Kier alpha value is -5.14. The molecule has 1 aliphatic heterocycles. The molecule has 3 aromatic carbocycles. The Labute approximate surface area is 239 Å². The van der Waals surface area contributed by atoms with Crippen molar-refractivity contribution in [1.82, 2.24) is 14.5 Å². The maximum absolute atomic E-state index is 15.5. The molecule has 5 aromatic rings. The number of hydrogen-bond acceptors (Lipinski definition) is 6. The van der Waals surface area contributed by atoms with Gasteiger partial charge >= 0.3 is 5.97 Å². The lowest BCUT2D eigenvalue weighted by Crippen LogP contribution is -2.13. The third-order valence-corrected chi connectivity index (χ3v) is 7.26. The van der Waals surface area contributed by atoms with E-state index < -0.39 is 17.6 Å². The van der Waals surface area contributed by atoms with Crippen LogP contribution < -0.4 is 4.74 Å². The largest absolute Gasteiger partial charge is 0.478 e. The number of imidazole rings is 1. The lowest BCUT2D eigenvalue weighted by atomic mass is 10.0. The zero-order valence-electron chi connectivity index (χ0n) is 22.3.